The topological polar surface area (TPSA) is 41.4 Å². The van der Waals surface area contributed by atoms with Crippen LogP contribution >= 0.6 is 22.9 Å². The number of thiophene rings is 1. The van der Waals surface area contributed by atoms with Crippen LogP contribution in [0.15, 0.2) is 95.4 Å². The second-order valence-electron chi connectivity index (χ2n) is 9.30. The summed E-state index contributed by atoms with van der Waals surface area (Å²) in [6.07, 6.45) is 0.796. The molecule has 5 aromatic rings. The zero-order chi connectivity index (χ0) is 24.6. The minimum Gasteiger partial charge on any atom is -0.223 e. The standard InChI is InChI=1S/C30H25ClN4S/c1-19(2)20-10-12-21(13-11-20)26-18-27(28-9-6-16-36-28)35(34-26)30-32-25-15-14-23(31)17-24(25)29(33-30)22-7-4-3-5-8-22/h3-17,19,27H,18H2,1-2H3. The normalized spacial score (nSPS) is 15.6. The Labute approximate surface area is 219 Å². The molecule has 1 unspecified atom stereocenters. The van der Waals surface area contributed by atoms with Gasteiger partial charge in [0.2, 0.25) is 5.95 Å². The molecule has 0 saturated heterocycles. The highest BCUT2D eigenvalue weighted by molar-refractivity contribution is 7.10. The van der Waals surface area contributed by atoms with Crippen LogP contribution in [0.1, 0.15) is 48.2 Å². The van der Waals surface area contributed by atoms with Gasteiger partial charge in [-0.25, -0.2) is 15.0 Å². The van der Waals surface area contributed by atoms with E-state index in [-0.39, 0.29) is 6.04 Å². The molecule has 0 N–H and O–H groups in total. The van der Waals surface area contributed by atoms with Crippen molar-refractivity contribution in [3.63, 3.8) is 0 Å². The number of aromatic nitrogens is 2. The van der Waals surface area contributed by atoms with E-state index in [9.17, 15) is 0 Å². The lowest BCUT2D eigenvalue weighted by atomic mass is 9.98. The van der Waals surface area contributed by atoms with E-state index in [0.717, 1.165) is 39.9 Å². The van der Waals surface area contributed by atoms with Crippen LogP contribution in [0.2, 0.25) is 5.02 Å². The van der Waals surface area contributed by atoms with E-state index in [0.29, 0.717) is 16.9 Å². The predicted molar refractivity (Wildman–Crippen MR) is 151 cm³/mol. The third kappa shape index (κ3) is 4.29. The summed E-state index contributed by atoms with van der Waals surface area (Å²) in [5.74, 6) is 1.09. The van der Waals surface area contributed by atoms with Crippen LogP contribution in [-0.4, -0.2) is 15.7 Å². The van der Waals surface area contributed by atoms with Gasteiger partial charge in [0.05, 0.1) is 23.0 Å². The summed E-state index contributed by atoms with van der Waals surface area (Å²) in [7, 11) is 0. The summed E-state index contributed by atoms with van der Waals surface area (Å²) >= 11 is 8.11. The molecule has 1 aliphatic rings. The van der Waals surface area contributed by atoms with Gasteiger partial charge < -0.3 is 0 Å². The number of hydrogen-bond acceptors (Lipinski definition) is 5. The quantitative estimate of drug-likeness (QED) is 0.239. The van der Waals surface area contributed by atoms with Crippen molar-refractivity contribution in [2.24, 2.45) is 5.10 Å². The highest BCUT2D eigenvalue weighted by Crippen LogP contribution is 2.39. The minimum absolute atomic E-state index is 0.0400. The Morgan fingerprint density at radius 1 is 0.889 bits per heavy atom. The maximum Gasteiger partial charge on any atom is 0.247 e. The minimum atomic E-state index is 0.0400. The SMILES string of the molecule is CC(C)c1ccc(C2=NN(c3nc(-c4ccccc4)c4cc(Cl)ccc4n3)C(c3cccs3)C2)cc1. The molecule has 3 heterocycles. The summed E-state index contributed by atoms with van der Waals surface area (Å²) in [5, 5.41) is 10.8. The number of hydrogen-bond donors (Lipinski definition) is 0. The molecule has 0 bridgehead atoms. The first-order valence-corrected chi connectivity index (χ1v) is 13.4. The van der Waals surface area contributed by atoms with Crippen LogP contribution in [0.4, 0.5) is 5.95 Å². The van der Waals surface area contributed by atoms with Crippen molar-refractivity contribution < 1.29 is 0 Å². The highest BCUT2D eigenvalue weighted by atomic mass is 35.5. The van der Waals surface area contributed by atoms with E-state index in [1.807, 2.05) is 41.4 Å². The molecule has 0 aliphatic carbocycles. The van der Waals surface area contributed by atoms with Gasteiger partial charge in [-0.15, -0.1) is 11.3 Å². The molecule has 0 radical (unpaired) electrons. The molecular weight excluding hydrogens is 484 g/mol. The summed E-state index contributed by atoms with van der Waals surface area (Å²) in [6, 6.07) is 29.0. The molecule has 4 nitrogen and oxygen atoms in total. The Kier molecular flexibility index (Phi) is 6.04. The van der Waals surface area contributed by atoms with Gasteiger partial charge in [0.25, 0.3) is 0 Å². The molecule has 3 aromatic carbocycles. The fourth-order valence-electron chi connectivity index (χ4n) is 4.64. The molecular formula is C30H25ClN4S. The van der Waals surface area contributed by atoms with Crippen molar-refractivity contribution in [2.75, 3.05) is 5.01 Å². The molecule has 2 aromatic heterocycles. The van der Waals surface area contributed by atoms with Crippen molar-refractivity contribution >= 4 is 45.5 Å². The zero-order valence-electron chi connectivity index (χ0n) is 20.1. The monoisotopic (exact) mass is 508 g/mol. The molecule has 36 heavy (non-hydrogen) atoms. The number of rotatable bonds is 5. The molecule has 6 heteroatoms. The molecule has 0 spiro atoms. The lowest BCUT2D eigenvalue weighted by molar-refractivity contribution is 0.700. The van der Waals surface area contributed by atoms with Gasteiger partial charge >= 0.3 is 0 Å². The number of fused-ring (bicyclic) bond motifs is 1. The van der Waals surface area contributed by atoms with Crippen LogP contribution in [0, 0.1) is 0 Å². The average molecular weight is 509 g/mol. The van der Waals surface area contributed by atoms with E-state index >= 15 is 0 Å². The molecule has 178 valence electrons. The molecule has 1 aliphatic heterocycles. The van der Waals surface area contributed by atoms with Gasteiger partial charge in [0.1, 0.15) is 0 Å². The molecule has 0 saturated carbocycles. The molecule has 6 rings (SSSR count). The van der Waals surface area contributed by atoms with Gasteiger partial charge in [0, 0.05) is 27.3 Å². The van der Waals surface area contributed by atoms with Gasteiger partial charge in [-0.1, -0.05) is 86.1 Å². The molecule has 1 atom stereocenters. The third-order valence-corrected chi connectivity index (χ3v) is 7.80. The van der Waals surface area contributed by atoms with E-state index in [1.54, 1.807) is 11.3 Å². The van der Waals surface area contributed by atoms with Crippen molar-refractivity contribution in [1.29, 1.82) is 0 Å². The Morgan fingerprint density at radius 3 is 2.42 bits per heavy atom. The van der Waals surface area contributed by atoms with Crippen LogP contribution in [0.5, 0.6) is 0 Å². The lowest BCUT2D eigenvalue weighted by Gasteiger charge is -2.21. The van der Waals surface area contributed by atoms with Crippen LogP contribution in [0.3, 0.4) is 0 Å². The predicted octanol–water partition coefficient (Wildman–Crippen LogP) is 8.49. The number of nitrogens with zero attached hydrogens (tertiary/aromatic N) is 4. The number of benzene rings is 3. The number of halogens is 1. The van der Waals surface area contributed by atoms with E-state index in [1.165, 1.54) is 10.4 Å². The van der Waals surface area contributed by atoms with Crippen LogP contribution in [0.25, 0.3) is 22.2 Å². The van der Waals surface area contributed by atoms with Gasteiger partial charge in [0.15, 0.2) is 0 Å². The first kappa shape index (κ1) is 22.9. The van der Waals surface area contributed by atoms with E-state index in [2.05, 4.69) is 67.8 Å². The second-order valence-corrected chi connectivity index (χ2v) is 10.7. The van der Waals surface area contributed by atoms with Gasteiger partial charge in [-0.2, -0.15) is 5.10 Å². The van der Waals surface area contributed by atoms with Crippen molar-refractivity contribution in [1.82, 2.24) is 9.97 Å². The Balaban J connectivity index is 1.50. The molecule has 0 amide bonds. The smallest absolute Gasteiger partial charge is 0.223 e. The maximum absolute atomic E-state index is 6.37. The van der Waals surface area contributed by atoms with E-state index < -0.39 is 0 Å². The Bertz CT molecular complexity index is 1540. The fraction of sp³-hybridized carbons (Fsp3) is 0.167. The van der Waals surface area contributed by atoms with Crippen molar-refractivity contribution in [3.05, 3.63) is 111 Å². The summed E-state index contributed by atoms with van der Waals surface area (Å²) < 4.78 is 0. The molecule has 0 fully saturated rings. The summed E-state index contributed by atoms with van der Waals surface area (Å²) in [4.78, 5) is 11.3. The third-order valence-electron chi connectivity index (χ3n) is 6.59. The highest BCUT2D eigenvalue weighted by Gasteiger charge is 2.33. The zero-order valence-corrected chi connectivity index (χ0v) is 21.7. The second kappa shape index (κ2) is 9.49. The summed E-state index contributed by atoms with van der Waals surface area (Å²) in [5.41, 5.74) is 6.23. The summed E-state index contributed by atoms with van der Waals surface area (Å²) in [6.45, 7) is 4.43. The van der Waals surface area contributed by atoms with Crippen molar-refractivity contribution in [2.45, 2.75) is 32.2 Å². The number of hydrazone groups is 1. The first-order chi connectivity index (χ1) is 17.6. The first-order valence-electron chi connectivity index (χ1n) is 12.1. The Morgan fingerprint density at radius 2 is 1.69 bits per heavy atom. The fourth-order valence-corrected chi connectivity index (χ4v) is 5.62. The largest absolute Gasteiger partial charge is 0.247 e. The van der Waals surface area contributed by atoms with Crippen LogP contribution < -0.4 is 5.01 Å². The van der Waals surface area contributed by atoms with E-state index in [4.69, 9.17) is 26.7 Å². The lowest BCUT2D eigenvalue weighted by Crippen LogP contribution is -2.20. The van der Waals surface area contributed by atoms with Crippen LogP contribution in [-0.2, 0) is 0 Å². The average Bonchev–Trinajstić information content (AvgIpc) is 3.59. The maximum atomic E-state index is 6.37. The van der Waals surface area contributed by atoms with Gasteiger partial charge in [-0.3, -0.25) is 0 Å². The van der Waals surface area contributed by atoms with Crippen molar-refractivity contribution in [3.8, 4) is 11.3 Å². The van der Waals surface area contributed by atoms with Gasteiger partial charge in [-0.05, 0) is 46.7 Å². The Hall–Kier alpha value is -3.54. The number of anilines is 1.